The Hall–Kier alpha value is -0.680. The lowest BCUT2D eigenvalue weighted by molar-refractivity contribution is -0.140. The molecule has 0 saturated heterocycles. The fourth-order valence-corrected chi connectivity index (χ4v) is 2.16. The van der Waals surface area contributed by atoms with E-state index < -0.39 is 5.41 Å². The summed E-state index contributed by atoms with van der Waals surface area (Å²) in [6.07, 6.45) is 1.06. The van der Waals surface area contributed by atoms with Crippen LogP contribution in [0.3, 0.4) is 0 Å². The molecule has 18 heavy (non-hydrogen) atoms. The Morgan fingerprint density at radius 3 is 2.50 bits per heavy atom. The minimum absolute atomic E-state index is 0.0437. The molecule has 2 atom stereocenters. The first-order chi connectivity index (χ1) is 8.14. The zero-order chi connectivity index (χ0) is 14.1. The summed E-state index contributed by atoms with van der Waals surface area (Å²) in [4.78, 5) is 12.4. The van der Waals surface area contributed by atoms with Gasteiger partial charge in [-0.2, -0.15) is 0 Å². The third-order valence-electron chi connectivity index (χ3n) is 4.03. The normalized spacial score (nSPS) is 26.3. The van der Waals surface area contributed by atoms with E-state index in [2.05, 4.69) is 19.2 Å². The average Bonchev–Trinajstić information content (AvgIpc) is 2.27. The zero-order valence-corrected chi connectivity index (χ0v) is 12.7. The van der Waals surface area contributed by atoms with Gasteiger partial charge in [-0.3, -0.25) is 4.79 Å². The summed E-state index contributed by atoms with van der Waals surface area (Å²) in [7, 11) is 0. The van der Waals surface area contributed by atoms with E-state index >= 15 is 0 Å². The van der Waals surface area contributed by atoms with Crippen molar-refractivity contribution >= 4 is 23.1 Å². The standard InChI is InChI=1S/C13H24N2O2S/c1-6-17-9-7-8(12(9,2)3)15-11(16)13(4,5)10(14)18/h8-9H,6-7H2,1-5H3,(H2,14,18)(H,15,16). The minimum Gasteiger partial charge on any atom is -0.392 e. The molecule has 1 aliphatic rings. The molecule has 0 aliphatic heterocycles. The Morgan fingerprint density at radius 1 is 1.56 bits per heavy atom. The molecule has 0 aromatic heterocycles. The van der Waals surface area contributed by atoms with Crippen molar-refractivity contribution in [3.63, 3.8) is 0 Å². The summed E-state index contributed by atoms with van der Waals surface area (Å²) in [5.41, 5.74) is 4.75. The third kappa shape index (κ3) is 2.67. The van der Waals surface area contributed by atoms with Crippen molar-refractivity contribution in [2.24, 2.45) is 16.6 Å². The Bertz CT molecular complexity index is 353. The molecule has 0 radical (unpaired) electrons. The van der Waals surface area contributed by atoms with Crippen LogP contribution >= 0.6 is 12.2 Å². The van der Waals surface area contributed by atoms with E-state index in [1.807, 2.05) is 6.92 Å². The van der Waals surface area contributed by atoms with Gasteiger partial charge in [-0.05, 0) is 27.2 Å². The molecule has 104 valence electrons. The number of hydrogen-bond donors (Lipinski definition) is 2. The van der Waals surface area contributed by atoms with Crippen LogP contribution in [-0.2, 0) is 9.53 Å². The maximum Gasteiger partial charge on any atom is 0.232 e. The Kier molecular flexibility index (Phi) is 4.38. The van der Waals surface area contributed by atoms with Crippen LogP contribution in [0, 0.1) is 10.8 Å². The first-order valence-electron chi connectivity index (χ1n) is 6.36. The van der Waals surface area contributed by atoms with Gasteiger partial charge >= 0.3 is 0 Å². The first-order valence-corrected chi connectivity index (χ1v) is 6.77. The van der Waals surface area contributed by atoms with E-state index in [9.17, 15) is 4.79 Å². The molecule has 0 heterocycles. The van der Waals surface area contributed by atoms with Crippen LogP contribution in [0.2, 0.25) is 0 Å². The van der Waals surface area contributed by atoms with Crippen molar-refractivity contribution in [3.8, 4) is 0 Å². The number of carbonyl (C=O) groups is 1. The van der Waals surface area contributed by atoms with Crippen molar-refractivity contribution in [2.45, 2.75) is 53.2 Å². The predicted octanol–water partition coefficient (Wildman–Crippen LogP) is 1.62. The lowest BCUT2D eigenvalue weighted by atomic mass is 9.64. The zero-order valence-electron chi connectivity index (χ0n) is 11.9. The molecular weight excluding hydrogens is 248 g/mol. The molecule has 1 saturated carbocycles. The fraction of sp³-hybridized carbons (Fsp3) is 0.846. The van der Waals surface area contributed by atoms with E-state index in [0.717, 1.165) is 6.42 Å². The number of nitrogens with one attached hydrogen (secondary N) is 1. The van der Waals surface area contributed by atoms with E-state index in [0.29, 0.717) is 6.61 Å². The molecule has 0 spiro atoms. The van der Waals surface area contributed by atoms with Crippen molar-refractivity contribution in [3.05, 3.63) is 0 Å². The number of ether oxygens (including phenoxy) is 1. The number of hydrogen-bond acceptors (Lipinski definition) is 3. The molecule has 4 nitrogen and oxygen atoms in total. The number of nitrogens with two attached hydrogens (primary N) is 1. The molecule has 1 amide bonds. The first kappa shape index (κ1) is 15.4. The quantitative estimate of drug-likeness (QED) is 0.747. The van der Waals surface area contributed by atoms with E-state index in [-0.39, 0.29) is 28.5 Å². The van der Waals surface area contributed by atoms with Crippen LogP contribution in [0.1, 0.15) is 41.0 Å². The van der Waals surface area contributed by atoms with Gasteiger partial charge < -0.3 is 15.8 Å². The van der Waals surface area contributed by atoms with Crippen molar-refractivity contribution < 1.29 is 9.53 Å². The number of rotatable bonds is 5. The van der Waals surface area contributed by atoms with Crippen LogP contribution in [-0.4, -0.2) is 29.6 Å². The molecule has 2 unspecified atom stereocenters. The Labute approximate surface area is 115 Å². The second kappa shape index (κ2) is 5.13. The topological polar surface area (TPSA) is 64.3 Å². The smallest absolute Gasteiger partial charge is 0.232 e. The molecule has 0 aromatic carbocycles. The molecule has 1 rings (SSSR count). The fourth-order valence-electron chi connectivity index (χ4n) is 2.06. The van der Waals surface area contributed by atoms with Gasteiger partial charge in [0.1, 0.15) is 0 Å². The molecule has 0 aromatic rings. The lowest BCUT2D eigenvalue weighted by Crippen LogP contribution is -2.64. The maximum atomic E-state index is 12.1. The van der Waals surface area contributed by atoms with E-state index in [1.54, 1.807) is 13.8 Å². The number of thiocarbonyl (C=S) groups is 1. The van der Waals surface area contributed by atoms with Gasteiger partial charge in [-0.1, -0.05) is 26.1 Å². The van der Waals surface area contributed by atoms with Gasteiger partial charge in [0.25, 0.3) is 0 Å². The van der Waals surface area contributed by atoms with Crippen LogP contribution in [0.5, 0.6) is 0 Å². The average molecular weight is 272 g/mol. The molecule has 1 fully saturated rings. The van der Waals surface area contributed by atoms with Gasteiger partial charge in [0, 0.05) is 18.1 Å². The Morgan fingerprint density at radius 2 is 2.11 bits per heavy atom. The highest BCUT2D eigenvalue weighted by molar-refractivity contribution is 7.80. The van der Waals surface area contributed by atoms with Crippen molar-refractivity contribution in [2.75, 3.05) is 6.61 Å². The highest BCUT2D eigenvalue weighted by Crippen LogP contribution is 2.43. The minimum atomic E-state index is -0.803. The van der Waals surface area contributed by atoms with Crippen molar-refractivity contribution in [1.82, 2.24) is 5.32 Å². The van der Waals surface area contributed by atoms with Crippen molar-refractivity contribution in [1.29, 1.82) is 0 Å². The monoisotopic (exact) mass is 272 g/mol. The van der Waals surface area contributed by atoms with Crippen LogP contribution < -0.4 is 11.1 Å². The van der Waals surface area contributed by atoms with Gasteiger partial charge in [-0.25, -0.2) is 0 Å². The molecular formula is C13H24N2O2S. The molecule has 1 aliphatic carbocycles. The summed E-state index contributed by atoms with van der Waals surface area (Å²) >= 11 is 4.93. The van der Waals surface area contributed by atoms with E-state index in [1.165, 1.54) is 0 Å². The number of amides is 1. The highest BCUT2D eigenvalue weighted by atomic mass is 32.1. The molecule has 0 bridgehead atoms. The maximum absolute atomic E-state index is 12.1. The Balaban J connectivity index is 2.61. The van der Waals surface area contributed by atoms with Crippen LogP contribution in [0.15, 0.2) is 0 Å². The van der Waals surface area contributed by atoms with Crippen LogP contribution in [0.4, 0.5) is 0 Å². The van der Waals surface area contributed by atoms with Gasteiger partial charge in [-0.15, -0.1) is 0 Å². The largest absolute Gasteiger partial charge is 0.392 e. The SMILES string of the molecule is CCOC1CC(NC(=O)C(C)(C)C(N)=S)C1(C)C. The lowest BCUT2D eigenvalue weighted by Gasteiger charge is -2.52. The summed E-state index contributed by atoms with van der Waals surface area (Å²) in [6, 6.07) is 0.121. The molecule has 5 heteroatoms. The highest BCUT2D eigenvalue weighted by Gasteiger charge is 2.50. The summed E-state index contributed by atoms with van der Waals surface area (Å²) in [6.45, 7) is 10.4. The predicted molar refractivity (Wildman–Crippen MR) is 76.3 cm³/mol. The summed E-state index contributed by atoms with van der Waals surface area (Å²) < 4.78 is 5.64. The summed E-state index contributed by atoms with van der Waals surface area (Å²) in [5.74, 6) is -0.108. The summed E-state index contributed by atoms with van der Waals surface area (Å²) in [5, 5.41) is 3.03. The molecule has 3 N–H and O–H groups in total. The van der Waals surface area contributed by atoms with E-state index in [4.69, 9.17) is 22.7 Å². The van der Waals surface area contributed by atoms with Crippen LogP contribution in [0.25, 0.3) is 0 Å². The van der Waals surface area contributed by atoms with Gasteiger partial charge in [0.2, 0.25) is 5.91 Å². The second-order valence-corrected chi connectivity index (χ2v) is 6.46. The number of carbonyl (C=O) groups excluding carboxylic acids is 1. The van der Waals surface area contributed by atoms with Gasteiger partial charge in [0.15, 0.2) is 0 Å². The third-order valence-corrected chi connectivity index (χ3v) is 4.54. The second-order valence-electron chi connectivity index (χ2n) is 6.02. The van der Waals surface area contributed by atoms with Gasteiger partial charge in [0.05, 0.1) is 16.5 Å².